The van der Waals surface area contributed by atoms with Crippen LogP contribution in [0.2, 0.25) is 0 Å². The number of halogens is 1. The van der Waals surface area contributed by atoms with Crippen molar-refractivity contribution in [3.05, 3.63) is 97.5 Å². The van der Waals surface area contributed by atoms with Crippen LogP contribution in [0, 0.1) is 0 Å². The molecule has 0 unspecified atom stereocenters. The third-order valence-corrected chi connectivity index (χ3v) is 7.03. The minimum absolute atomic E-state index is 0.113. The molecule has 4 rings (SSSR count). The molecule has 14 nitrogen and oxygen atoms in total. The van der Waals surface area contributed by atoms with Gasteiger partial charge in [-0.1, -0.05) is 61.7 Å². The molecule has 5 N–H and O–H groups in total. The van der Waals surface area contributed by atoms with Gasteiger partial charge in [0.2, 0.25) is 0 Å². The van der Waals surface area contributed by atoms with Gasteiger partial charge in [-0.2, -0.15) is 0 Å². The molecule has 15 heteroatoms. The summed E-state index contributed by atoms with van der Waals surface area (Å²) in [6, 6.07) is 14.8. The highest BCUT2D eigenvalue weighted by Crippen LogP contribution is 2.23. The standard InChI is InChI=1S/C20H26N2O5.C16H22N2O3.C4H5ClO2/c1-5-10-25-18(23)21-12-15(22-19(24)27-20(2,3)4)11-14-13-26-17-9-7-6-8-16(14)17;1-16(2,3)21-15(19)18-12(9-17)8-11-10-20-14-7-5-4-6-13(11)14;1-2-3-7-4(5)6/h5-9,13,15H,1,10-12H2,2-4H3,(H,21,23)(H,22,24);4-7,10,12H,8-9,17H2,1-3H3,(H,18,19);2H,1,3H2/t15-;12-;/m11./s1. The topological polar surface area (TPSA) is 194 Å². The van der Waals surface area contributed by atoms with E-state index in [1.165, 1.54) is 12.2 Å². The zero-order valence-electron chi connectivity index (χ0n) is 32.3. The Bertz CT molecular complexity index is 1840. The first-order valence-electron chi connectivity index (χ1n) is 17.5. The molecule has 300 valence electrons. The first-order chi connectivity index (χ1) is 25.9. The molecular formula is C40H53ClN4O10. The van der Waals surface area contributed by atoms with Gasteiger partial charge in [-0.05, 0) is 66.5 Å². The van der Waals surface area contributed by atoms with Crippen molar-refractivity contribution in [2.24, 2.45) is 5.73 Å². The number of fused-ring (bicyclic) bond motifs is 2. The van der Waals surface area contributed by atoms with E-state index in [2.05, 4.69) is 33.8 Å². The molecule has 2 aromatic carbocycles. The number of para-hydroxylation sites is 2. The minimum atomic E-state index is -0.792. The summed E-state index contributed by atoms with van der Waals surface area (Å²) in [6.07, 6.45) is 5.77. The summed E-state index contributed by atoms with van der Waals surface area (Å²) in [7, 11) is 0. The molecule has 0 spiro atoms. The van der Waals surface area contributed by atoms with E-state index in [0.717, 1.165) is 33.1 Å². The molecule has 0 saturated carbocycles. The van der Waals surface area contributed by atoms with E-state index in [-0.39, 0.29) is 25.8 Å². The van der Waals surface area contributed by atoms with E-state index in [4.69, 9.17) is 40.4 Å². The quantitative estimate of drug-likeness (QED) is 0.0581. The second-order valence-corrected chi connectivity index (χ2v) is 14.3. The molecule has 0 saturated heterocycles. The Hall–Kier alpha value is -5.47. The molecule has 0 bridgehead atoms. The van der Waals surface area contributed by atoms with Gasteiger partial charge in [-0.3, -0.25) is 0 Å². The first-order valence-corrected chi connectivity index (χ1v) is 17.9. The molecule has 55 heavy (non-hydrogen) atoms. The number of ether oxygens (including phenoxy) is 4. The van der Waals surface area contributed by atoms with Gasteiger partial charge >= 0.3 is 23.7 Å². The lowest BCUT2D eigenvalue weighted by atomic mass is 10.1. The third-order valence-electron chi connectivity index (χ3n) is 6.92. The Morgan fingerprint density at radius 3 is 1.58 bits per heavy atom. The van der Waals surface area contributed by atoms with Gasteiger partial charge in [0, 0.05) is 52.6 Å². The number of carbonyl (C=O) groups is 4. The highest BCUT2D eigenvalue weighted by molar-refractivity contribution is 6.61. The number of carbonyl (C=O) groups excluding carboxylic acids is 4. The number of nitrogens with one attached hydrogen (secondary N) is 3. The average molecular weight is 785 g/mol. The summed E-state index contributed by atoms with van der Waals surface area (Å²) in [4.78, 5) is 45.4. The van der Waals surface area contributed by atoms with Gasteiger partial charge in [0.05, 0.1) is 18.6 Å². The molecular weight excluding hydrogens is 732 g/mol. The van der Waals surface area contributed by atoms with Crippen LogP contribution in [0.5, 0.6) is 0 Å². The number of rotatable bonds is 13. The van der Waals surface area contributed by atoms with E-state index in [0.29, 0.717) is 19.4 Å². The number of alkyl carbamates (subject to hydrolysis) is 3. The smallest absolute Gasteiger partial charge is 0.407 e. The van der Waals surface area contributed by atoms with Crippen molar-refractivity contribution in [3.8, 4) is 0 Å². The summed E-state index contributed by atoms with van der Waals surface area (Å²) >= 11 is 4.75. The van der Waals surface area contributed by atoms with E-state index in [1.807, 2.05) is 69.3 Å². The van der Waals surface area contributed by atoms with Gasteiger partial charge < -0.3 is 49.5 Å². The molecule has 0 aliphatic rings. The van der Waals surface area contributed by atoms with Gasteiger partial charge in [0.15, 0.2) is 0 Å². The first kappa shape index (κ1) is 45.7. The van der Waals surface area contributed by atoms with Crippen LogP contribution in [-0.4, -0.2) is 73.3 Å². The van der Waals surface area contributed by atoms with E-state index in [1.54, 1.807) is 33.3 Å². The Labute approximate surface area is 326 Å². The number of benzene rings is 2. The molecule has 0 fully saturated rings. The van der Waals surface area contributed by atoms with Crippen molar-refractivity contribution in [2.75, 3.05) is 26.3 Å². The maximum absolute atomic E-state index is 12.2. The van der Waals surface area contributed by atoms with Gasteiger partial charge in [0.25, 0.3) is 0 Å². The lowest BCUT2D eigenvalue weighted by molar-refractivity contribution is 0.0492. The van der Waals surface area contributed by atoms with Crippen LogP contribution >= 0.6 is 11.6 Å². The van der Waals surface area contributed by atoms with Gasteiger partial charge in [0.1, 0.15) is 35.6 Å². The molecule has 2 heterocycles. The van der Waals surface area contributed by atoms with Crippen LogP contribution in [0.15, 0.2) is 95.2 Å². The van der Waals surface area contributed by atoms with Crippen LogP contribution in [0.1, 0.15) is 52.7 Å². The van der Waals surface area contributed by atoms with E-state index in [9.17, 15) is 19.2 Å². The summed E-state index contributed by atoms with van der Waals surface area (Å²) in [5, 5.41) is 10.2. The number of nitrogens with two attached hydrogens (primary N) is 1. The van der Waals surface area contributed by atoms with Crippen molar-refractivity contribution >= 4 is 57.2 Å². The van der Waals surface area contributed by atoms with Crippen molar-refractivity contribution < 1.29 is 47.0 Å². The Balaban J connectivity index is 0.000000331. The number of furan rings is 2. The SMILES string of the molecule is C=CCOC(=O)Cl.C=CCOC(=O)NC[C@@H](Cc1coc2ccccc12)NC(=O)OC(C)(C)C.CC(C)(C)OC(=O)N[C@@H](CN)Cc1coc2ccccc12. The second kappa shape index (κ2) is 22.7. The predicted molar refractivity (Wildman–Crippen MR) is 212 cm³/mol. The van der Waals surface area contributed by atoms with Crippen LogP contribution < -0.4 is 21.7 Å². The molecule has 2 atom stereocenters. The normalized spacial score (nSPS) is 12.0. The lowest BCUT2D eigenvalue weighted by Gasteiger charge is -2.23. The fourth-order valence-electron chi connectivity index (χ4n) is 4.75. The second-order valence-electron chi connectivity index (χ2n) is 13.9. The third kappa shape index (κ3) is 18.4. The van der Waals surface area contributed by atoms with Crippen molar-refractivity contribution in [1.82, 2.24) is 16.0 Å². The molecule has 0 aliphatic heterocycles. The molecule has 0 aliphatic carbocycles. The number of amides is 3. The molecule has 0 radical (unpaired) electrons. The van der Waals surface area contributed by atoms with Gasteiger partial charge in [-0.25, -0.2) is 19.2 Å². The van der Waals surface area contributed by atoms with Gasteiger partial charge in [-0.15, -0.1) is 0 Å². The van der Waals surface area contributed by atoms with Crippen LogP contribution in [0.25, 0.3) is 21.9 Å². The Morgan fingerprint density at radius 1 is 0.727 bits per heavy atom. The Kier molecular flexibility index (Phi) is 18.8. The van der Waals surface area contributed by atoms with Crippen LogP contribution in [-0.2, 0) is 31.8 Å². The number of hydrogen-bond donors (Lipinski definition) is 4. The summed E-state index contributed by atoms with van der Waals surface area (Å²) in [5.41, 5.74) is 7.36. The minimum Gasteiger partial charge on any atom is -0.464 e. The number of hydrogen-bond acceptors (Lipinski definition) is 11. The Morgan fingerprint density at radius 2 is 1.16 bits per heavy atom. The fourth-order valence-corrected chi connectivity index (χ4v) is 4.81. The molecule has 4 aromatic rings. The molecule has 2 aromatic heterocycles. The summed E-state index contributed by atoms with van der Waals surface area (Å²) < 4.78 is 30.7. The van der Waals surface area contributed by atoms with Crippen molar-refractivity contribution in [1.29, 1.82) is 0 Å². The zero-order valence-corrected chi connectivity index (χ0v) is 33.0. The van der Waals surface area contributed by atoms with Crippen molar-refractivity contribution in [2.45, 2.75) is 77.7 Å². The summed E-state index contributed by atoms with van der Waals surface area (Å²) in [5.74, 6) is 0. The maximum atomic E-state index is 12.2. The zero-order chi connectivity index (χ0) is 41.0. The monoisotopic (exact) mass is 784 g/mol. The maximum Gasteiger partial charge on any atom is 0.407 e. The largest absolute Gasteiger partial charge is 0.464 e. The highest BCUT2D eigenvalue weighted by atomic mass is 35.5. The van der Waals surface area contributed by atoms with Crippen LogP contribution in [0.3, 0.4) is 0 Å². The van der Waals surface area contributed by atoms with E-state index < -0.39 is 41.0 Å². The average Bonchev–Trinajstić information content (AvgIpc) is 3.71. The summed E-state index contributed by atoms with van der Waals surface area (Å²) in [6.45, 7) is 18.4. The fraction of sp³-hybridized carbons (Fsp3) is 0.400. The lowest BCUT2D eigenvalue weighted by Crippen LogP contribution is -2.46. The highest BCUT2D eigenvalue weighted by Gasteiger charge is 2.22. The van der Waals surface area contributed by atoms with Crippen molar-refractivity contribution in [3.63, 3.8) is 0 Å². The van der Waals surface area contributed by atoms with Crippen LogP contribution in [0.4, 0.5) is 19.2 Å². The predicted octanol–water partition coefficient (Wildman–Crippen LogP) is 8.16. The molecule has 3 amide bonds. The van der Waals surface area contributed by atoms with E-state index >= 15 is 0 Å².